The van der Waals surface area contributed by atoms with Crippen molar-refractivity contribution in [3.8, 4) is 0 Å². The van der Waals surface area contributed by atoms with Crippen LogP contribution in [0.25, 0.3) is 0 Å². The zero-order valence-corrected chi connectivity index (χ0v) is 17.2. The Morgan fingerprint density at radius 2 is 1.68 bits per heavy atom. The van der Waals surface area contributed by atoms with E-state index in [0.717, 1.165) is 11.3 Å². The van der Waals surface area contributed by atoms with Gasteiger partial charge in [0.05, 0.1) is 31.1 Å². The number of piperazine rings is 1. The quantitative estimate of drug-likeness (QED) is 0.686. The number of rotatable bonds is 7. The van der Waals surface area contributed by atoms with Gasteiger partial charge < -0.3 is 10.2 Å². The number of quaternary nitrogens is 1. The van der Waals surface area contributed by atoms with Crippen molar-refractivity contribution in [3.63, 3.8) is 0 Å². The lowest BCUT2D eigenvalue weighted by Gasteiger charge is -2.31. The molecule has 1 aliphatic heterocycles. The minimum atomic E-state index is -3.51. The molecule has 2 N–H and O–H groups in total. The topological polar surface area (TPSA) is 70.9 Å². The van der Waals surface area contributed by atoms with Gasteiger partial charge in [-0.25, -0.2) is 8.42 Å². The van der Waals surface area contributed by atoms with Gasteiger partial charge in [-0.1, -0.05) is 41.9 Å². The summed E-state index contributed by atoms with van der Waals surface area (Å²) in [5.74, 6) is -0.0000560. The molecule has 1 aliphatic rings. The number of nitrogens with one attached hydrogen (secondary N) is 2. The average Bonchev–Trinajstić information content (AvgIpc) is 2.69. The average molecular weight is 423 g/mol. The maximum atomic E-state index is 12.7. The molecule has 2 aromatic carbocycles. The van der Waals surface area contributed by atoms with Crippen LogP contribution in [-0.2, 0) is 21.2 Å². The van der Waals surface area contributed by atoms with Gasteiger partial charge in [0, 0.05) is 11.6 Å². The zero-order chi connectivity index (χ0) is 20.0. The molecule has 1 heterocycles. The third kappa shape index (κ3) is 5.54. The van der Waals surface area contributed by atoms with Crippen molar-refractivity contribution in [3.05, 3.63) is 65.2 Å². The highest BCUT2D eigenvalue weighted by Crippen LogP contribution is 2.18. The summed E-state index contributed by atoms with van der Waals surface area (Å²) in [7, 11) is -3.51. The molecular weight excluding hydrogens is 398 g/mol. The van der Waals surface area contributed by atoms with Gasteiger partial charge in [-0.15, -0.1) is 0 Å². The largest absolute Gasteiger partial charge is 0.351 e. The highest BCUT2D eigenvalue weighted by Gasteiger charge is 2.31. The summed E-state index contributed by atoms with van der Waals surface area (Å²) in [6.45, 7) is 2.99. The number of carbonyl (C=O) groups excluding carboxylic acids is 1. The molecule has 0 spiro atoms. The van der Waals surface area contributed by atoms with E-state index in [1.54, 1.807) is 12.1 Å². The van der Waals surface area contributed by atoms with Crippen molar-refractivity contribution in [2.24, 2.45) is 0 Å². The van der Waals surface area contributed by atoms with E-state index in [2.05, 4.69) is 5.32 Å². The number of hydrogen-bond donors (Lipinski definition) is 2. The van der Waals surface area contributed by atoms with Gasteiger partial charge in [0.1, 0.15) is 0 Å². The molecule has 0 bridgehead atoms. The van der Waals surface area contributed by atoms with E-state index in [0.29, 0.717) is 44.3 Å². The number of halogens is 1. The van der Waals surface area contributed by atoms with Crippen LogP contribution in [0.3, 0.4) is 0 Å². The van der Waals surface area contributed by atoms with E-state index in [1.165, 1.54) is 22.0 Å². The second-order valence-electron chi connectivity index (χ2n) is 6.87. The maximum absolute atomic E-state index is 12.7. The fourth-order valence-electron chi connectivity index (χ4n) is 3.26. The Morgan fingerprint density at radius 1 is 1.04 bits per heavy atom. The van der Waals surface area contributed by atoms with Gasteiger partial charge in [-0.2, -0.15) is 4.31 Å². The zero-order valence-electron chi connectivity index (χ0n) is 15.6. The van der Waals surface area contributed by atoms with Crippen molar-refractivity contribution >= 4 is 27.5 Å². The third-order valence-corrected chi connectivity index (χ3v) is 7.04. The van der Waals surface area contributed by atoms with E-state index in [9.17, 15) is 13.2 Å². The number of benzene rings is 2. The standard InChI is InChI=1S/C20H24ClN3O3S/c21-18-6-8-19(9-7-18)28(26,27)24-14-12-23(13-15-24)16-20(25)22-11-10-17-4-2-1-3-5-17/h1-9H,10-16H2,(H,22,25)/p+1. The molecule has 1 saturated heterocycles. The lowest BCUT2D eigenvalue weighted by Crippen LogP contribution is -3.15. The number of carbonyl (C=O) groups is 1. The van der Waals surface area contributed by atoms with Crippen LogP contribution in [-0.4, -0.2) is 57.9 Å². The summed E-state index contributed by atoms with van der Waals surface area (Å²) in [5, 5.41) is 3.45. The van der Waals surface area contributed by atoms with Crippen molar-refractivity contribution < 1.29 is 18.1 Å². The highest BCUT2D eigenvalue weighted by molar-refractivity contribution is 7.89. The van der Waals surface area contributed by atoms with Crippen molar-refractivity contribution in [2.75, 3.05) is 39.3 Å². The second-order valence-corrected chi connectivity index (χ2v) is 9.24. The normalized spacial score (nSPS) is 16.0. The molecule has 3 rings (SSSR count). The molecule has 0 atom stereocenters. The summed E-state index contributed by atoms with van der Waals surface area (Å²) < 4.78 is 26.9. The molecule has 0 aromatic heterocycles. The fourth-order valence-corrected chi connectivity index (χ4v) is 4.82. The summed E-state index contributed by atoms with van der Waals surface area (Å²) in [6, 6.07) is 16.2. The molecule has 28 heavy (non-hydrogen) atoms. The number of amides is 1. The lowest BCUT2D eigenvalue weighted by atomic mass is 10.1. The van der Waals surface area contributed by atoms with Crippen molar-refractivity contribution in [1.82, 2.24) is 9.62 Å². The van der Waals surface area contributed by atoms with E-state index in [4.69, 9.17) is 11.6 Å². The molecular formula is C20H25ClN3O3S+. The fraction of sp³-hybridized carbons (Fsp3) is 0.350. The predicted molar refractivity (Wildman–Crippen MR) is 109 cm³/mol. The van der Waals surface area contributed by atoms with Crippen LogP contribution in [0.1, 0.15) is 5.56 Å². The first-order valence-corrected chi connectivity index (χ1v) is 11.2. The van der Waals surface area contributed by atoms with Crippen LogP contribution in [0.4, 0.5) is 0 Å². The smallest absolute Gasteiger partial charge is 0.275 e. The molecule has 8 heteroatoms. The monoisotopic (exact) mass is 422 g/mol. The van der Waals surface area contributed by atoms with E-state index >= 15 is 0 Å². The van der Waals surface area contributed by atoms with Crippen LogP contribution in [0.5, 0.6) is 0 Å². The molecule has 0 aliphatic carbocycles. The predicted octanol–water partition coefficient (Wildman–Crippen LogP) is 0.588. The molecule has 1 fully saturated rings. The van der Waals surface area contributed by atoms with Crippen LogP contribution >= 0.6 is 11.6 Å². The summed E-state index contributed by atoms with van der Waals surface area (Å²) in [4.78, 5) is 13.5. The minimum absolute atomic E-state index is 0.0000560. The van der Waals surface area contributed by atoms with Gasteiger partial charge >= 0.3 is 0 Å². The molecule has 0 unspecified atom stereocenters. The summed E-state index contributed by atoms with van der Waals surface area (Å²) in [6.07, 6.45) is 0.801. The van der Waals surface area contributed by atoms with Crippen LogP contribution < -0.4 is 10.2 Å². The molecule has 1 amide bonds. The van der Waals surface area contributed by atoms with Crippen molar-refractivity contribution in [1.29, 1.82) is 0 Å². The third-order valence-electron chi connectivity index (χ3n) is 4.87. The van der Waals surface area contributed by atoms with E-state index < -0.39 is 10.0 Å². The van der Waals surface area contributed by atoms with Crippen LogP contribution in [0, 0.1) is 0 Å². The summed E-state index contributed by atoms with van der Waals surface area (Å²) >= 11 is 5.84. The molecule has 150 valence electrons. The number of nitrogens with zero attached hydrogens (tertiary/aromatic N) is 1. The highest BCUT2D eigenvalue weighted by atomic mass is 35.5. The van der Waals surface area contributed by atoms with Gasteiger partial charge in [0.2, 0.25) is 10.0 Å². The first-order valence-electron chi connectivity index (χ1n) is 9.35. The molecule has 0 radical (unpaired) electrons. The Kier molecular flexibility index (Phi) is 7.07. The lowest BCUT2D eigenvalue weighted by molar-refractivity contribution is -0.895. The van der Waals surface area contributed by atoms with Crippen LogP contribution in [0.15, 0.2) is 59.5 Å². The number of hydrogen-bond acceptors (Lipinski definition) is 3. The van der Waals surface area contributed by atoms with Gasteiger partial charge in [-0.05, 0) is 36.2 Å². The Hall–Kier alpha value is -1.93. The minimum Gasteiger partial charge on any atom is -0.351 e. The Bertz CT molecular complexity index is 881. The van der Waals surface area contributed by atoms with Crippen molar-refractivity contribution in [2.45, 2.75) is 11.3 Å². The van der Waals surface area contributed by atoms with Crippen LogP contribution in [0.2, 0.25) is 5.02 Å². The van der Waals surface area contributed by atoms with Gasteiger partial charge in [-0.3, -0.25) is 4.79 Å². The number of sulfonamides is 1. The van der Waals surface area contributed by atoms with Gasteiger partial charge in [0.15, 0.2) is 6.54 Å². The van der Waals surface area contributed by atoms with E-state index in [-0.39, 0.29) is 10.8 Å². The Balaban J connectivity index is 1.43. The SMILES string of the molecule is O=C(C[NH+]1CCN(S(=O)(=O)c2ccc(Cl)cc2)CC1)NCCc1ccccc1. The maximum Gasteiger partial charge on any atom is 0.275 e. The first kappa shape index (κ1) is 20.8. The molecule has 2 aromatic rings. The van der Waals surface area contributed by atoms with E-state index in [1.807, 2.05) is 30.3 Å². The second kappa shape index (κ2) is 9.52. The summed E-state index contributed by atoms with van der Waals surface area (Å²) in [5.41, 5.74) is 1.19. The molecule has 6 nitrogen and oxygen atoms in total. The Morgan fingerprint density at radius 3 is 2.32 bits per heavy atom. The first-order chi connectivity index (χ1) is 13.4. The van der Waals surface area contributed by atoms with Gasteiger partial charge in [0.25, 0.3) is 5.91 Å². The molecule has 0 saturated carbocycles. The Labute approximate surface area is 171 Å².